The van der Waals surface area contributed by atoms with E-state index in [0.29, 0.717) is 22.5 Å². The molecule has 0 aliphatic heterocycles. The molecule has 0 aromatic carbocycles. The largest absolute Gasteiger partial charge is 0.481 e. The molecule has 0 aliphatic rings. The fraction of sp³-hybridized carbons (Fsp3) is 0.273. The Balaban J connectivity index is 2.24. The van der Waals surface area contributed by atoms with E-state index in [4.69, 9.17) is 9.63 Å². The maximum absolute atomic E-state index is 11.6. The highest BCUT2D eigenvalue weighted by atomic mass is 16.5. The van der Waals surface area contributed by atoms with Crippen molar-refractivity contribution in [1.82, 2.24) is 10.1 Å². The third-order valence-corrected chi connectivity index (χ3v) is 2.54. The van der Waals surface area contributed by atoms with Gasteiger partial charge in [-0.3, -0.25) is 9.59 Å². The minimum Gasteiger partial charge on any atom is -0.481 e. The van der Waals surface area contributed by atoms with E-state index in [2.05, 4.69) is 15.5 Å². The molecule has 0 saturated heterocycles. The maximum atomic E-state index is 11.6. The van der Waals surface area contributed by atoms with Gasteiger partial charge in [-0.25, -0.2) is 4.98 Å². The van der Waals surface area contributed by atoms with E-state index in [0.717, 1.165) is 0 Å². The van der Waals surface area contributed by atoms with Crippen LogP contribution >= 0.6 is 0 Å². The Bertz CT molecular complexity index is 620. The second-order valence-electron chi connectivity index (χ2n) is 3.89. The number of carboxylic acid groups (broad SMARTS) is 1. The standard InChI is InChI=1S/C11H11N3O4/c1-5(11(16)17)9(15)13-7-3-8-6(2)14-18-10(8)12-4-7/h3-5H,1-2H3,(H,13,15)(H,16,17)/t5-/m1/s1. The summed E-state index contributed by atoms with van der Waals surface area (Å²) in [6, 6.07) is 1.64. The number of anilines is 1. The monoisotopic (exact) mass is 249 g/mol. The molecule has 2 aromatic rings. The quantitative estimate of drug-likeness (QED) is 0.791. The summed E-state index contributed by atoms with van der Waals surface area (Å²) in [6.07, 6.45) is 1.39. The van der Waals surface area contributed by atoms with Gasteiger partial charge in [0, 0.05) is 0 Å². The molecular formula is C11H11N3O4. The first kappa shape index (κ1) is 12.0. The second-order valence-corrected chi connectivity index (χ2v) is 3.89. The second kappa shape index (κ2) is 4.44. The summed E-state index contributed by atoms with van der Waals surface area (Å²) in [5.41, 5.74) is 1.43. The van der Waals surface area contributed by atoms with Gasteiger partial charge in [-0.15, -0.1) is 0 Å². The first-order chi connectivity index (χ1) is 8.49. The van der Waals surface area contributed by atoms with Crippen LogP contribution in [0.15, 0.2) is 16.8 Å². The third-order valence-electron chi connectivity index (χ3n) is 2.54. The molecule has 94 valence electrons. The Hall–Kier alpha value is -2.44. The van der Waals surface area contributed by atoms with Gasteiger partial charge in [-0.1, -0.05) is 5.16 Å². The van der Waals surface area contributed by atoms with Crippen LogP contribution in [-0.4, -0.2) is 27.1 Å². The number of aryl methyl sites for hydroxylation is 1. The van der Waals surface area contributed by atoms with Crippen LogP contribution in [0.4, 0.5) is 5.69 Å². The van der Waals surface area contributed by atoms with Gasteiger partial charge in [0.05, 0.1) is 23.0 Å². The highest BCUT2D eigenvalue weighted by molar-refractivity contribution is 6.04. The molecule has 1 atom stereocenters. The zero-order chi connectivity index (χ0) is 13.3. The van der Waals surface area contributed by atoms with Crippen molar-refractivity contribution in [2.75, 3.05) is 5.32 Å². The van der Waals surface area contributed by atoms with Crippen LogP contribution in [0.3, 0.4) is 0 Å². The predicted octanol–water partition coefficient (Wildman–Crippen LogP) is 1.19. The summed E-state index contributed by atoms with van der Waals surface area (Å²) in [4.78, 5) is 26.2. The lowest BCUT2D eigenvalue weighted by molar-refractivity contribution is -0.144. The van der Waals surface area contributed by atoms with E-state index >= 15 is 0 Å². The number of nitrogens with zero attached hydrogens (tertiary/aromatic N) is 2. The smallest absolute Gasteiger partial charge is 0.315 e. The van der Waals surface area contributed by atoms with Crippen LogP contribution < -0.4 is 5.32 Å². The zero-order valence-electron chi connectivity index (χ0n) is 9.80. The van der Waals surface area contributed by atoms with E-state index in [9.17, 15) is 9.59 Å². The lowest BCUT2D eigenvalue weighted by Gasteiger charge is -2.07. The van der Waals surface area contributed by atoms with Gasteiger partial charge in [0.25, 0.3) is 5.71 Å². The lowest BCUT2D eigenvalue weighted by atomic mass is 10.1. The fourth-order valence-corrected chi connectivity index (χ4v) is 1.38. The van der Waals surface area contributed by atoms with Crippen LogP contribution in [-0.2, 0) is 9.59 Å². The van der Waals surface area contributed by atoms with Crippen molar-refractivity contribution in [3.8, 4) is 0 Å². The number of amides is 1. The van der Waals surface area contributed by atoms with Gasteiger partial charge >= 0.3 is 5.97 Å². The van der Waals surface area contributed by atoms with Crippen LogP contribution in [0.25, 0.3) is 11.1 Å². The summed E-state index contributed by atoms with van der Waals surface area (Å²) >= 11 is 0. The number of nitrogens with one attached hydrogen (secondary N) is 1. The van der Waals surface area contributed by atoms with Gasteiger partial charge in [-0.05, 0) is 19.9 Å². The topological polar surface area (TPSA) is 105 Å². The minimum absolute atomic E-state index is 0.372. The molecule has 0 saturated carbocycles. The predicted molar refractivity (Wildman–Crippen MR) is 62.0 cm³/mol. The molecule has 2 N–H and O–H groups in total. The minimum atomic E-state index is -1.18. The van der Waals surface area contributed by atoms with Gasteiger partial charge < -0.3 is 14.9 Å². The van der Waals surface area contributed by atoms with Crippen molar-refractivity contribution in [3.63, 3.8) is 0 Å². The third kappa shape index (κ3) is 2.15. The highest BCUT2D eigenvalue weighted by Crippen LogP contribution is 2.19. The number of carboxylic acids is 1. The first-order valence-electron chi connectivity index (χ1n) is 5.24. The molecule has 2 heterocycles. The summed E-state index contributed by atoms with van der Waals surface area (Å²) in [5, 5.41) is 15.6. The Kier molecular flexibility index (Phi) is 2.97. The van der Waals surface area contributed by atoms with Crippen molar-refractivity contribution < 1.29 is 19.2 Å². The SMILES string of the molecule is Cc1noc2ncc(NC(=O)[C@@H](C)C(=O)O)cc12. The molecule has 0 unspecified atom stereocenters. The molecule has 0 radical (unpaired) electrons. The van der Waals surface area contributed by atoms with Gasteiger partial charge in [0.2, 0.25) is 5.91 Å². The Labute approximate surface area is 102 Å². The first-order valence-corrected chi connectivity index (χ1v) is 5.24. The molecule has 0 fully saturated rings. The normalized spacial score (nSPS) is 12.3. The molecule has 2 aromatic heterocycles. The van der Waals surface area contributed by atoms with E-state index in [-0.39, 0.29) is 0 Å². The molecule has 0 aliphatic carbocycles. The molecule has 0 spiro atoms. The van der Waals surface area contributed by atoms with E-state index in [1.54, 1.807) is 13.0 Å². The number of carbonyl (C=O) groups is 2. The van der Waals surface area contributed by atoms with Gasteiger partial charge in [-0.2, -0.15) is 0 Å². The fourth-order valence-electron chi connectivity index (χ4n) is 1.38. The molecule has 2 rings (SSSR count). The van der Waals surface area contributed by atoms with E-state index < -0.39 is 17.8 Å². The Morgan fingerprint density at radius 2 is 2.22 bits per heavy atom. The number of aromatic nitrogens is 2. The summed E-state index contributed by atoms with van der Waals surface area (Å²) < 4.78 is 4.93. The Morgan fingerprint density at radius 3 is 2.89 bits per heavy atom. The van der Waals surface area contributed by atoms with Crippen molar-refractivity contribution in [2.45, 2.75) is 13.8 Å². The lowest BCUT2D eigenvalue weighted by Crippen LogP contribution is -2.26. The van der Waals surface area contributed by atoms with Crippen LogP contribution in [0.1, 0.15) is 12.6 Å². The Morgan fingerprint density at radius 1 is 1.50 bits per heavy atom. The number of rotatable bonds is 3. The number of fused-ring (bicyclic) bond motifs is 1. The van der Waals surface area contributed by atoms with Crippen molar-refractivity contribution in [3.05, 3.63) is 18.0 Å². The zero-order valence-corrected chi connectivity index (χ0v) is 9.80. The van der Waals surface area contributed by atoms with Crippen LogP contribution in [0, 0.1) is 12.8 Å². The van der Waals surface area contributed by atoms with Crippen LogP contribution in [0.5, 0.6) is 0 Å². The van der Waals surface area contributed by atoms with E-state index in [1.807, 2.05) is 0 Å². The number of hydrogen-bond donors (Lipinski definition) is 2. The van der Waals surface area contributed by atoms with E-state index in [1.165, 1.54) is 13.1 Å². The number of hydrogen-bond acceptors (Lipinski definition) is 5. The van der Waals surface area contributed by atoms with Crippen molar-refractivity contribution in [2.24, 2.45) is 5.92 Å². The average Bonchev–Trinajstić information content (AvgIpc) is 2.70. The van der Waals surface area contributed by atoms with Crippen molar-refractivity contribution in [1.29, 1.82) is 0 Å². The van der Waals surface area contributed by atoms with Gasteiger partial charge in [0.15, 0.2) is 0 Å². The van der Waals surface area contributed by atoms with Crippen LogP contribution in [0.2, 0.25) is 0 Å². The number of pyridine rings is 1. The molecular weight excluding hydrogens is 238 g/mol. The number of carbonyl (C=O) groups excluding carboxylic acids is 1. The van der Waals surface area contributed by atoms with Crippen molar-refractivity contribution >= 4 is 28.7 Å². The summed E-state index contributed by atoms with van der Waals surface area (Å²) in [5.74, 6) is -2.90. The summed E-state index contributed by atoms with van der Waals surface area (Å²) in [6.45, 7) is 3.06. The summed E-state index contributed by atoms with van der Waals surface area (Å²) in [7, 11) is 0. The maximum Gasteiger partial charge on any atom is 0.315 e. The van der Waals surface area contributed by atoms with Gasteiger partial charge in [0.1, 0.15) is 5.92 Å². The highest BCUT2D eigenvalue weighted by Gasteiger charge is 2.20. The molecule has 7 nitrogen and oxygen atoms in total. The average molecular weight is 249 g/mol. The number of aliphatic carboxylic acids is 1. The molecule has 1 amide bonds. The molecule has 18 heavy (non-hydrogen) atoms. The molecule has 0 bridgehead atoms. The molecule has 7 heteroatoms.